The lowest BCUT2D eigenvalue weighted by molar-refractivity contribution is 0.360. The van der Waals surface area contributed by atoms with Crippen LogP contribution in [0.4, 0.5) is 5.69 Å². The zero-order chi connectivity index (χ0) is 18.5. The second kappa shape index (κ2) is 8.78. The van der Waals surface area contributed by atoms with E-state index in [1.54, 1.807) is 18.4 Å². The van der Waals surface area contributed by atoms with Crippen LogP contribution in [0.1, 0.15) is 11.3 Å². The van der Waals surface area contributed by atoms with Crippen LogP contribution < -0.4 is 5.32 Å². The first-order valence-corrected chi connectivity index (χ1v) is 9.34. The number of rotatable bonds is 5. The van der Waals surface area contributed by atoms with E-state index in [1.165, 1.54) is 0 Å². The molecule has 2 aromatic carbocycles. The molecule has 3 rings (SSSR count). The van der Waals surface area contributed by atoms with Crippen molar-refractivity contribution in [1.29, 1.82) is 0 Å². The maximum absolute atomic E-state index is 6.32. The third-order valence-corrected chi connectivity index (χ3v) is 5.04. The average molecular weight is 426 g/mol. The van der Waals surface area contributed by atoms with Gasteiger partial charge < -0.3 is 14.6 Å². The van der Waals surface area contributed by atoms with Crippen LogP contribution in [0.15, 0.2) is 65.3 Å². The summed E-state index contributed by atoms with van der Waals surface area (Å²) in [6.07, 6.45) is 1.63. The fourth-order valence-electron chi connectivity index (χ4n) is 2.40. The Morgan fingerprint density at radius 1 is 0.923 bits per heavy atom. The Morgan fingerprint density at radius 3 is 2.23 bits per heavy atom. The Kier molecular flexibility index (Phi) is 6.43. The molecule has 134 valence electrons. The number of furan rings is 1. The van der Waals surface area contributed by atoms with E-state index in [0.29, 0.717) is 33.3 Å². The van der Waals surface area contributed by atoms with Crippen molar-refractivity contribution in [2.24, 2.45) is 0 Å². The van der Waals surface area contributed by atoms with Gasteiger partial charge in [0.2, 0.25) is 0 Å². The lowest BCUT2D eigenvalue weighted by Gasteiger charge is -2.26. The van der Waals surface area contributed by atoms with Crippen LogP contribution in [-0.4, -0.2) is 10.0 Å². The minimum Gasteiger partial charge on any atom is -0.467 e. The van der Waals surface area contributed by atoms with Gasteiger partial charge in [0, 0.05) is 32.9 Å². The largest absolute Gasteiger partial charge is 0.467 e. The molecular weight excluding hydrogens is 411 g/mol. The van der Waals surface area contributed by atoms with Gasteiger partial charge in [-0.25, -0.2) is 0 Å². The number of thiocarbonyl (C=S) groups is 1. The molecule has 0 aliphatic heterocycles. The van der Waals surface area contributed by atoms with Crippen molar-refractivity contribution in [3.63, 3.8) is 0 Å². The Balaban J connectivity index is 1.82. The van der Waals surface area contributed by atoms with Crippen molar-refractivity contribution in [2.75, 3.05) is 5.32 Å². The van der Waals surface area contributed by atoms with Crippen LogP contribution >= 0.6 is 47.0 Å². The molecule has 0 aliphatic carbocycles. The summed E-state index contributed by atoms with van der Waals surface area (Å²) in [5.41, 5.74) is 1.65. The van der Waals surface area contributed by atoms with E-state index in [-0.39, 0.29) is 0 Å². The van der Waals surface area contributed by atoms with Crippen LogP contribution in [0.5, 0.6) is 0 Å². The Bertz CT molecular complexity index is 862. The monoisotopic (exact) mass is 424 g/mol. The number of hydrogen-bond donors (Lipinski definition) is 1. The van der Waals surface area contributed by atoms with Crippen molar-refractivity contribution >= 4 is 57.8 Å². The Labute approximate surface area is 172 Å². The van der Waals surface area contributed by atoms with E-state index in [2.05, 4.69) is 5.32 Å². The van der Waals surface area contributed by atoms with Gasteiger partial charge in [-0.2, -0.15) is 0 Å². The molecule has 1 N–H and O–H groups in total. The van der Waals surface area contributed by atoms with Crippen molar-refractivity contribution in [3.05, 3.63) is 87.3 Å². The molecule has 0 spiro atoms. The first-order valence-electron chi connectivity index (χ1n) is 7.79. The molecule has 7 heteroatoms. The van der Waals surface area contributed by atoms with Crippen molar-refractivity contribution < 1.29 is 4.42 Å². The molecule has 3 aromatic rings. The van der Waals surface area contributed by atoms with E-state index in [0.717, 1.165) is 17.0 Å². The highest BCUT2D eigenvalue weighted by Crippen LogP contribution is 2.27. The van der Waals surface area contributed by atoms with Crippen LogP contribution in [0.25, 0.3) is 0 Å². The number of nitrogens with one attached hydrogen (secondary N) is 1. The van der Waals surface area contributed by atoms with E-state index < -0.39 is 0 Å². The molecule has 1 heterocycles. The van der Waals surface area contributed by atoms with Gasteiger partial charge in [-0.05, 0) is 60.7 Å². The molecule has 0 aliphatic rings. The van der Waals surface area contributed by atoms with Crippen molar-refractivity contribution in [3.8, 4) is 0 Å². The molecule has 1 aromatic heterocycles. The van der Waals surface area contributed by atoms with Gasteiger partial charge >= 0.3 is 0 Å². The molecule has 0 bridgehead atoms. The third kappa shape index (κ3) is 4.92. The highest BCUT2D eigenvalue weighted by molar-refractivity contribution is 7.80. The number of hydrogen-bond acceptors (Lipinski definition) is 2. The molecule has 3 nitrogen and oxygen atoms in total. The minimum absolute atomic E-state index is 0.443. The number of anilines is 1. The average Bonchev–Trinajstić information content (AvgIpc) is 3.12. The fourth-order valence-corrected chi connectivity index (χ4v) is 3.29. The highest BCUT2D eigenvalue weighted by atomic mass is 35.5. The van der Waals surface area contributed by atoms with Gasteiger partial charge in [-0.15, -0.1) is 0 Å². The SMILES string of the molecule is S=C(Nc1ccc(Cl)cc1)N(Cc1ccco1)Cc1c(Cl)cccc1Cl. The summed E-state index contributed by atoms with van der Waals surface area (Å²) in [6.45, 7) is 0.923. The fraction of sp³-hybridized carbons (Fsp3) is 0.105. The Hall–Kier alpha value is -1.72. The maximum Gasteiger partial charge on any atom is 0.174 e. The first kappa shape index (κ1) is 19.1. The quantitative estimate of drug-likeness (QED) is 0.464. The molecule has 0 radical (unpaired) electrons. The van der Waals surface area contributed by atoms with Crippen LogP contribution in [0.2, 0.25) is 15.1 Å². The summed E-state index contributed by atoms with van der Waals surface area (Å²) in [5, 5.41) is 5.59. The normalized spacial score (nSPS) is 10.6. The topological polar surface area (TPSA) is 28.4 Å². The van der Waals surface area contributed by atoms with Gasteiger partial charge in [0.1, 0.15) is 5.76 Å². The molecule has 0 fully saturated rings. The summed E-state index contributed by atoms with van der Waals surface area (Å²) in [7, 11) is 0. The molecule has 0 saturated carbocycles. The van der Waals surface area contributed by atoms with Gasteiger partial charge in [-0.1, -0.05) is 40.9 Å². The molecule has 0 atom stereocenters. The predicted octanol–water partition coefficient (Wildman–Crippen LogP) is 6.64. The lowest BCUT2D eigenvalue weighted by atomic mass is 10.2. The minimum atomic E-state index is 0.443. The van der Waals surface area contributed by atoms with E-state index in [9.17, 15) is 0 Å². The number of nitrogens with zero attached hydrogens (tertiary/aromatic N) is 1. The lowest BCUT2D eigenvalue weighted by Crippen LogP contribution is -2.33. The zero-order valence-corrected chi connectivity index (χ0v) is 16.7. The Morgan fingerprint density at radius 2 is 1.62 bits per heavy atom. The summed E-state index contributed by atoms with van der Waals surface area (Å²) in [5.74, 6) is 0.786. The molecule has 0 saturated heterocycles. The first-order chi connectivity index (χ1) is 12.5. The second-order valence-corrected chi connectivity index (χ2v) is 7.21. The maximum atomic E-state index is 6.32. The zero-order valence-electron chi connectivity index (χ0n) is 13.6. The second-order valence-electron chi connectivity index (χ2n) is 5.57. The summed E-state index contributed by atoms with van der Waals surface area (Å²) in [4.78, 5) is 1.94. The van der Waals surface area contributed by atoms with E-state index in [4.69, 9.17) is 51.4 Å². The third-order valence-electron chi connectivity index (χ3n) is 3.72. The summed E-state index contributed by atoms with van der Waals surface area (Å²) >= 11 is 24.2. The van der Waals surface area contributed by atoms with Crippen LogP contribution in [0, 0.1) is 0 Å². The molecule has 0 unspecified atom stereocenters. The number of benzene rings is 2. The molecule has 26 heavy (non-hydrogen) atoms. The summed E-state index contributed by atoms with van der Waals surface area (Å²) in [6, 6.07) is 16.5. The van der Waals surface area contributed by atoms with Gasteiger partial charge in [0.15, 0.2) is 5.11 Å². The van der Waals surface area contributed by atoms with E-state index in [1.807, 2.05) is 47.4 Å². The van der Waals surface area contributed by atoms with Crippen LogP contribution in [0.3, 0.4) is 0 Å². The van der Waals surface area contributed by atoms with Gasteiger partial charge in [0.05, 0.1) is 12.8 Å². The van der Waals surface area contributed by atoms with Crippen LogP contribution in [-0.2, 0) is 13.1 Å². The smallest absolute Gasteiger partial charge is 0.174 e. The van der Waals surface area contributed by atoms with Gasteiger partial charge in [-0.3, -0.25) is 0 Å². The number of halogens is 3. The summed E-state index contributed by atoms with van der Waals surface area (Å²) < 4.78 is 5.47. The van der Waals surface area contributed by atoms with Crippen molar-refractivity contribution in [1.82, 2.24) is 4.90 Å². The van der Waals surface area contributed by atoms with Gasteiger partial charge in [0.25, 0.3) is 0 Å². The standard InChI is InChI=1S/C19H15Cl3N2OS/c20-13-6-8-14(9-7-13)23-19(26)24(11-15-3-2-10-25-15)12-16-17(21)4-1-5-18(16)22/h1-10H,11-12H2,(H,23,26). The molecular formula is C19H15Cl3N2OS. The predicted molar refractivity (Wildman–Crippen MR) is 112 cm³/mol. The van der Waals surface area contributed by atoms with Crippen molar-refractivity contribution in [2.45, 2.75) is 13.1 Å². The van der Waals surface area contributed by atoms with E-state index >= 15 is 0 Å². The molecule has 0 amide bonds. The highest BCUT2D eigenvalue weighted by Gasteiger charge is 2.16.